The lowest BCUT2D eigenvalue weighted by Gasteiger charge is -2.24. The summed E-state index contributed by atoms with van der Waals surface area (Å²) in [7, 11) is -3.98. The molecule has 0 spiro atoms. The third-order valence-corrected chi connectivity index (χ3v) is 6.69. The number of nitrogens with one attached hydrogen (secondary N) is 3. The number of benzene rings is 2. The third kappa shape index (κ3) is 5.94. The Morgan fingerprint density at radius 2 is 1.94 bits per heavy atom. The van der Waals surface area contributed by atoms with E-state index in [0.717, 1.165) is 5.56 Å². The molecule has 0 bridgehead atoms. The normalized spacial score (nSPS) is 15.6. The van der Waals surface area contributed by atoms with Gasteiger partial charge in [-0.25, -0.2) is 13.1 Å². The minimum absolute atomic E-state index is 0.0425. The maximum absolute atomic E-state index is 12.7. The monoisotopic (exact) mass is 468 g/mol. The Morgan fingerprint density at radius 1 is 1.21 bits per heavy atom. The topological polar surface area (TPSA) is 169 Å². The van der Waals surface area contributed by atoms with E-state index in [1.807, 2.05) is 6.07 Å². The summed E-state index contributed by atoms with van der Waals surface area (Å²) in [5.41, 5.74) is 7.02. The Morgan fingerprint density at radius 3 is 2.61 bits per heavy atom. The molecule has 33 heavy (non-hydrogen) atoms. The van der Waals surface area contributed by atoms with Crippen LogP contribution in [0.25, 0.3) is 0 Å². The lowest BCUT2D eigenvalue weighted by Crippen LogP contribution is -2.48. The van der Waals surface area contributed by atoms with Gasteiger partial charge in [-0.3, -0.25) is 15.0 Å². The van der Waals surface area contributed by atoms with Crippen molar-refractivity contribution in [3.63, 3.8) is 0 Å². The van der Waals surface area contributed by atoms with E-state index in [2.05, 4.69) is 10.0 Å². The standard InChI is InChI=1S/C22H24N6O4S/c23-12-16-3-1-4-18(11-16)33(31,32)27-14-20(29)28-10-2-5-19(28)22(30)26-13-15-6-8-17(9-7-15)21(24)25/h1,3-4,6-9,11,19,27H,2,5,10,13-14H2,(H3,24,25)(H,26,30)/t19-/m0/s1. The van der Waals surface area contributed by atoms with E-state index in [-0.39, 0.29) is 28.7 Å². The van der Waals surface area contributed by atoms with Gasteiger partial charge in [0.2, 0.25) is 21.8 Å². The lowest BCUT2D eigenvalue weighted by atomic mass is 10.1. The van der Waals surface area contributed by atoms with Gasteiger partial charge < -0.3 is 16.0 Å². The van der Waals surface area contributed by atoms with Crippen LogP contribution in [0.1, 0.15) is 29.5 Å². The molecule has 2 aromatic carbocycles. The zero-order valence-electron chi connectivity index (χ0n) is 17.7. The number of nitrogens with zero attached hydrogens (tertiary/aromatic N) is 2. The van der Waals surface area contributed by atoms with Crippen LogP contribution >= 0.6 is 0 Å². The maximum Gasteiger partial charge on any atom is 0.243 e. The Labute approximate surface area is 191 Å². The zero-order chi connectivity index (χ0) is 24.0. The van der Waals surface area contributed by atoms with Gasteiger partial charge in [-0.05, 0) is 36.6 Å². The minimum Gasteiger partial charge on any atom is -0.384 e. The molecule has 0 aromatic heterocycles. The average molecular weight is 469 g/mol. The summed E-state index contributed by atoms with van der Waals surface area (Å²) in [6, 6.07) is 13.6. The van der Waals surface area contributed by atoms with Crippen LogP contribution in [0, 0.1) is 16.7 Å². The highest BCUT2D eigenvalue weighted by Gasteiger charge is 2.34. The van der Waals surface area contributed by atoms with Crippen molar-refractivity contribution in [3.8, 4) is 6.07 Å². The van der Waals surface area contributed by atoms with Crippen LogP contribution in [0.4, 0.5) is 0 Å². The lowest BCUT2D eigenvalue weighted by molar-refractivity contribution is -0.137. The van der Waals surface area contributed by atoms with Gasteiger partial charge >= 0.3 is 0 Å². The van der Waals surface area contributed by atoms with Crippen molar-refractivity contribution in [2.24, 2.45) is 5.73 Å². The highest BCUT2D eigenvalue weighted by molar-refractivity contribution is 7.89. The van der Waals surface area contributed by atoms with Gasteiger partial charge in [-0.15, -0.1) is 0 Å². The van der Waals surface area contributed by atoms with E-state index >= 15 is 0 Å². The fourth-order valence-corrected chi connectivity index (χ4v) is 4.54. The first-order chi connectivity index (χ1) is 15.7. The number of likely N-dealkylation sites (tertiary alicyclic amines) is 1. The second kappa shape index (κ2) is 10.2. The SMILES string of the molecule is N#Cc1cccc(S(=O)(=O)NCC(=O)N2CCC[C@H]2C(=O)NCc2ccc(C(=N)N)cc2)c1. The first-order valence-corrected chi connectivity index (χ1v) is 11.7. The van der Waals surface area contributed by atoms with Crippen LogP contribution in [-0.4, -0.2) is 50.1 Å². The number of amidine groups is 1. The number of nitriles is 1. The Hall–Kier alpha value is -3.75. The molecule has 1 atom stereocenters. The minimum atomic E-state index is -3.98. The molecule has 10 nitrogen and oxygen atoms in total. The van der Waals surface area contributed by atoms with E-state index < -0.39 is 28.5 Å². The van der Waals surface area contributed by atoms with Crippen LogP contribution in [0.15, 0.2) is 53.4 Å². The Kier molecular flexibility index (Phi) is 7.42. The number of carbonyl (C=O) groups is 2. The average Bonchev–Trinajstić information content (AvgIpc) is 3.31. The molecule has 0 aliphatic carbocycles. The number of nitrogens with two attached hydrogens (primary N) is 1. The van der Waals surface area contributed by atoms with Gasteiger partial charge in [0.05, 0.1) is 23.1 Å². The van der Waals surface area contributed by atoms with Crippen molar-refractivity contribution in [2.75, 3.05) is 13.1 Å². The van der Waals surface area contributed by atoms with Crippen molar-refractivity contribution >= 4 is 27.7 Å². The van der Waals surface area contributed by atoms with Gasteiger partial charge in [0.15, 0.2) is 0 Å². The highest BCUT2D eigenvalue weighted by Crippen LogP contribution is 2.18. The van der Waals surface area contributed by atoms with Crippen LogP contribution in [0.3, 0.4) is 0 Å². The molecule has 11 heteroatoms. The molecular formula is C22H24N6O4S. The Balaban J connectivity index is 1.57. The number of carbonyl (C=O) groups excluding carboxylic acids is 2. The molecule has 2 amide bonds. The van der Waals surface area contributed by atoms with Crippen molar-refractivity contribution in [1.29, 1.82) is 10.7 Å². The third-order valence-electron chi connectivity index (χ3n) is 5.29. The summed E-state index contributed by atoms with van der Waals surface area (Å²) in [5, 5.41) is 19.1. The predicted molar refractivity (Wildman–Crippen MR) is 120 cm³/mol. The summed E-state index contributed by atoms with van der Waals surface area (Å²) in [5.74, 6) is -0.862. The molecule has 3 rings (SSSR count). The summed E-state index contributed by atoms with van der Waals surface area (Å²) in [6.07, 6.45) is 1.12. The summed E-state index contributed by atoms with van der Waals surface area (Å²) in [4.78, 5) is 26.6. The summed E-state index contributed by atoms with van der Waals surface area (Å²) < 4.78 is 27.2. The molecule has 0 radical (unpaired) electrons. The molecule has 1 aliphatic heterocycles. The van der Waals surface area contributed by atoms with E-state index in [4.69, 9.17) is 16.4 Å². The van der Waals surface area contributed by atoms with E-state index in [1.165, 1.54) is 29.2 Å². The number of nitrogen functional groups attached to an aromatic ring is 1. The maximum atomic E-state index is 12.7. The Bertz CT molecular complexity index is 1200. The van der Waals surface area contributed by atoms with Crippen molar-refractivity contribution in [2.45, 2.75) is 30.3 Å². The molecule has 5 N–H and O–H groups in total. The zero-order valence-corrected chi connectivity index (χ0v) is 18.6. The van der Waals surface area contributed by atoms with Gasteiger partial charge in [-0.1, -0.05) is 30.3 Å². The van der Waals surface area contributed by atoms with Crippen LogP contribution in [0.5, 0.6) is 0 Å². The smallest absolute Gasteiger partial charge is 0.243 e. The fourth-order valence-electron chi connectivity index (χ4n) is 3.52. The number of sulfonamides is 1. The van der Waals surface area contributed by atoms with Crippen LogP contribution in [0.2, 0.25) is 0 Å². The first-order valence-electron chi connectivity index (χ1n) is 10.2. The van der Waals surface area contributed by atoms with Crippen molar-refractivity contribution in [1.82, 2.24) is 14.9 Å². The molecule has 1 aliphatic rings. The largest absolute Gasteiger partial charge is 0.384 e. The molecule has 1 heterocycles. The molecule has 0 unspecified atom stereocenters. The predicted octanol–water partition coefficient (Wildman–Crippen LogP) is 0.428. The van der Waals surface area contributed by atoms with Gasteiger partial charge in [0.25, 0.3) is 0 Å². The fraction of sp³-hybridized carbons (Fsp3) is 0.273. The summed E-state index contributed by atoms with van der Waals surface area (Å²) in [6.45, 7) is 0.114. The van der Waals surface area contributed by atoms with E-state index in [1.54, 1.807) is 24.3 Å². The van der Waals surface area contributed by atoms with Gasteiger partial charge in [0, 0.05) is 18.7 Å². The second-order valence-corrected chi connectivity index (χ2v) is 9.30. The van der Waals surface area contributed by atoms with Gasteiger partial charge in [-0.2, -0.15) is 5.26 Å². The van der Waals surface area contributed by atoms with Crippen LogP contribution in [-0.2, 0) is 26.2 Å². The number of rotatable bonds is 8. The van der Waals surface area contributed by atoms with Gasteiger partial charge in [0.1, 0.15) is 11.9 Å². The molecule has 2 aromatic rings. The van der Waals surface area contributed by atoms with Crippen molar-refractivity contribution < 1.29 is 18.0 Å². The molecule has 172 valence electrons. The van der Waals surface area contributed by atoms with E-state index in [9.17, 15) is 18.0 Å². The van der Waals surface area contributed by atoms with Crippen LogP contribution < -0.4 is 15.8 Å². The molecule has 1 fully saturated rings. The molecule has 1 saturated heterocycles. The molecule has 0 saturated carbocycles. The van der Waals surface area contributed by atoms with Crippen molar-refractivity contribution in [3.05, 3.63) is 65.2 Å². The number of hydrogen-bond donors (Lipinski definition) is 4. The quantitative estimate of drug-likeness (QED) is 0.323. The van der Waals surface area contributed by atoms with E-state index in [0.29, 0.717) is 24.9 Å². The highest BCUT2D eigenvalue weighted by atomic mass is 32.2. The second-order valence-electron chi connectivity index (χ2n) is 7.54. The molecular weight excluding hydrogens is 444 g/mol. The summed E-state index contributed by atoms with van der Waals surface area (Å²) >= 11 is 0. The number of amides is 2. The first kappa shape index (κ1) is 23.9. The number of hydrogen-bond acceptors (Lipinski definition) is 6.